The number of rotatable bonds is 5. The minimum absolute atomic E-state index is 0.0828. The number of aliphatic carboxylic acids is 1. The first kappa shape index (κ1) is 12.4. The van der Waals surface area contributed by atoms with Gasteiger partial charge < -0.3 is 10.4 Å². The maximum Gasteiger partial charge on any atom is 0.303 e. The Morgan fingerprint density at radius 1 is 1.39 bits per heavy atom. The van der Waals surface area contributed by atoms with Gasteiger partial charge in [-0.1, -0.05) is 24.3 Å². The molecule has 94 valence electrons. The van der Waals surface area contributed by atoms with Gasteiger partial charge in [-0.2, -0.15) is 0 Å². The van der Waals surface area contributed by atoms with E-state index >= 15 is 0 Å². The summed E-state index contributed by atoms with van der Waals surface area (Å²) in [5.41, 5.74) is 0. The molecule has 0 saturated heterocycles. The van der Waals surface area contributed by atoms with E-state index in [-0.39, 0.29) is 12.5 Å². The second kappa shape index (κ2) is 5.49. The quantitative estimate of drug-likeness (QED) is 0.849. The number of aromatic nitrogens is 1. The van der Waals surface area contributed by atoms with E-state index in [1.165, 1.54) is 0 Å². The van der Waals surface area contributed by atoms with Crippen LogP contribution in [0.3, 0.4) is 0 Å². The maximum absolute atomic E-state index is 10.5. The number of carboxylic acid groups (broad SMARTS) is 1. The number of nitrogens with zero attached hydrogens (tertiary/aromatic N) is 1. The molecule has 0 amide bonds. The number of nitrogens with one attached hydrogen (secondary N) is 1. The average molecular weight is 244 g/mol. The number of pyridine rings is 1. The lowest BCUT2D eigenvalue weighted by Crippen LogP contribution is -2.17. The van der Waals surface area contributed by atoms with Crippen LogP contribution in [-0.2, 0) is 4.79 Å². The van der Waals surface area contributed by atoms with Crippen molar-refractivity contribution in [2.75, 3.05) is 5.32 Å². The number of hydrogen-bond acceptors (Lipinski definition) is 3. The van der Waals surface area contributed by atoms with Crippen molar-refractivity contribution in [3.05, 3.63) is 36.5 Å². The summed E-state index contributed by atoms with van der Waals surface area (Å²) < 4.78 is 0. The van der Waals surface area contributed by atoms with Crippen LogP contribution in [0.25, 0.3) is 10.8 Å². The highest BCUT2D eigenvalue weighted by Gasteiger charge is 2.08. The number of carbonyl (C=O) groups is 1. The van der Waals surface area contributed by atoms with Gasteiger partial charge in [-0.25, -0.2) is 4.98 Å². The predicted molar refractivity (Wildman–Crippen MR) is 71.7 cm³/mol. The van der Waals surface area contributed by atoms with E-state index in [2.05, 4.69) is 10.3 Å². The molecular formula is C14H16N2O2. The lowest BCUT2D eigenvalue weighted by atomic mass is 10.1. The summed E-state index contributed by atoms with van der Waals surface area (Å²) in [6.07, 6.45) is 2.51. The molecule has 0 aliphatic heterocycles. The highest BCUT2D eigenvalue weighted by atomic mass is 16.4. The van der Waals surface area contributed by atoms with Gasteiger partial charge in [0.25, 0.3) is 0 Å². The van der Waals surface area contributed by atoms with Crippen LogP contribution >= 0.6 is 0 Å². The van der Waals surface area contributed by atoms with Crippen LogP contribution in [0.15, 0.2) is 36.5 Å². The summed E-state index contributed by atoms with van der Waals surface area (Å²) in [6, 6.07) is 10.0. The van der Waals surface area contributed by atoms with Crippen LogP contribution in [0.5, 0.6) is 0 Å². The third-order valence-corrected chi connectivity index (χ3v) is 2.85. The molecule has 2 rings (SSSR count). The topological polar surface area (TPSA) is 62.2 Å². The van der Waals surface area contributed by atoms with Gasteiger partial charge in [0.2, 0.25) is 0 Å². The summed E-state index contributed by atoms with van der Waals surface area (Å²) in [4.78, 5) is 14.8. The molecule has 0 saturated carbocycles. The summed E-state index contributed by atoms with van der Waals surface area (Å²) >= 11 is 0. The first-order valence-electron chi connectivity index (χ1n) is 5.99. The molecule has 0 bridgehead atoms. The van der Waals surface area contributed by atoms with Gasteiger partial charge in [0.1, 0.15) is 5.82 Å². The Morgan fingerprint density at radius 2 is 2.17 bits per heavy atom. The van der Waals surface area contributed by atoms with Crippen molar-refractivity contribution < 1.29 is 9.90 Å². The molecule has 4 nitrogen and oxygen atoms in total. The molecule has 18 heavy (non-hydrogen) atoms. The maximum atomic E-state index is 10.5. The van der Waals surface area contributed by atoms with Crippen molar-refractivity contribution in [3.63, 3.8) is 0 Å². The Morgan fingerprint density at radius 3 is 2.94 bits per heavy atom. The van der Waals surface area contributed by atoms with Crippen LogP contribution in [0.4, 0.5) is 5.82 Å². The van der Waals surface area contributed by atoms with Gasteiger partial charge in [0.05, 0.1) is 0 Å². The van der Waals surface area contributed by atoms with E-state index in [9.17, 15) is 4.79 Å². The molecule has 1 aromatic carbocycles. The standard InChI is InChI=1S/C14H16N2O2/c1-10(6-7-13(17)18)16-14-12-5-3-2-4-11(12)8-9-15-14/h2-5,8-10H,6-7H2,1H3,(H,15,16)(H,17,18). The molecule has 0 spiro atoms. The van der Waals surface area contributed by atoms with Crippen LogP contribution in [0, 0.1) is 0 Å². The molecule has 0 fully saturated rings. The number of anilines is 1. The Labute approximate surface area is 106 Å². The Bertz CT molecular complexity index is 549. The van der Waals surface area contributed by atoms with Gasteiger partial charge in [0.15, 0.2) is 0 Å². The van der Waals surface area contributed by atoms with Crippen molar-refractivity contribution in [2.24, 2.45) is 0 Å². The molecule has 0 radical (unpaired) electrons. The van der Waals surface area contributed by atoms with E-state index in [1.807, 2.05) is 37.3 Å². The Kier molecular flexibility index (Phi) is 3.77. The minimum Gasteiger partial charge on any atom is -0.481 e. The lowest BCUT2D eigenvalue weighted by Gasteiger charge is -2.14. The molecule has 2 aromatic rings. The van der Waals surface area contributed by atoms with Gasteiger partial charge in [-0.05, 0) is 24.8 Å². The zero-order valence-corrected chi connectivity index (χ0v) is 10.3. The third-order valence-electron chi connectivity index (χ3n) is 2.85. The zero-order chi connectivity index (χ0) is 13.0. The Hall–Kier alpha value is -2.10. The molecule has 0 aliphatic carbocycles. The fourth-order valence-electron chi connectivity index (χ4n) is 1.88. The van der Waals surface area contributed by atoms with E-state index in [1.54, 1.807) is 6.20 Å². The highest BCUT2D eigenvalue weighted by Crippen LogP contribution is 2.21. The predicted octanol–water partition coefficient (Wildman–Crippen LogP) is 2.90. The van der Waals surface area contributed by atoms with Crippen molar-refractivity contribution in [1.82, 2.24) is 4.98 Å². The lowest BCUT2D eigenvalue weighted by molar-refractivity contribution is -0.137. The first-order valence-corrected chi connectivity index (χ1v) is 5.99. The molecule has 0 aliphatic rings. The molecule has 1 atom stereocenters. The van der Waals surface area contributed by atoms with E-state index in [0.717, 1.165) is 16.6 Å². The fourth-order valence-corrected chi connectivity index (χ4v) is 1.88. The van der Waals surface area contributed by atoms with Gasteiger partial charge in [0, 0.05) is 24.0 Å². The summed E-state index contributed by atoms with van der Waals surface area (Å²) in [6.45, 7) is 1.96. The summed E-state index contributed by atoms with van der Waals surface area (Å²) in [5.74, 6) is 0.0421. The van der Waals surface area contributed by atoms with E-state index < -0.39 is 5.97 Å². The number of hydrogen-bond donors (Lipinski definition) is 2. The van der Waals surface area contributed by atoms with Gasteiger partial charge >= 0.3 is 5.97 Å². The third kappa shape index (κ3) is 2.97. The van der Waals surface area contributed by atoms with Gasteiger partial charge in [-0.3, -0.25) is 4.79 Å². The molecule has 2 N–H and O–H groups in total. The fraction of sp³-hybridized carbons (Fsp3) is 0.286. The summed E-state index contributed by atoms with van der Waals surface area (Å²) in [7, 11) is 0. The first-order chi connectivity index (χ1) is 8.66. The van der Waals surface area contributed by atoms with Crippen LogP contribution in [0.2, 0.25) is 0 Å². The van der Waals surface area contributed by atoms with Crippen LogP contribution in [0.1, 0.15) is 19.8 Å². The van der Waals surface area contributed by atoms with E-state index in [0.29, 0.717) is 6.42 Å². The van der Waals surface area contributed by atoms with Crippen molar-refractivity contribution in [3.8, 4) is 0 Å². The van der Waals surface area contributed by atoms with Crippen molar-refractivity contribution >= 4 is 22.6 Å². The van der Waals surface area contributed by atoms with Gasteiger partial charge in [-0.15, -0.1) is 0 Å². The Balaban J connectivity index is 2.14. The largest absolute Gasteiger partial charge is 0.481 e. The van der Waals surface area contributed by atoms with E-state index in [4.69, 9.17) is 5.11 Å². The second-order valence-electron chi connectivity index (χ2n) is 4.36. The minimum atomic E-state index is -0.769. The van der Waals surface area contributed by atoms with Crippen LogP contribution < -0.4 is 5.32 Å². The molecule has 4 heteroatoms. The molecular weight excluding hydrogens is 228 g/mol. The number of benzene rings is 1. The van der Waals surface area contributed by atoms with Crippen molar-refractivity contribution in [2.45, 2.75) is 25.8 Å². The highest BCUT2D eigenvalue weighted by molar-refractivity contribution is 5.91. The monoisotopic (exact) mass is 244 g/mol. The zero-order valence-electron chi connectivity index (χ0n) is 10.3. The smallest absolute Gasteiger partial charge is 0.303 e. The normalized spacial score (nSPS) is 12.3. The number of carboxylic acids is 1. The second-order valence-corrected chi connectivity index (χ2v) is 4.36. The average Bonchev–Trinajstić information content (AvgIpc) is 2.37. The molecule has 1 unspecified atom stereocenters. The van der Waals surface area contributed by atoms with Crippen LogP contribution in [-0.4, -0.2) is 22.1 Å². The summed E-state index contributed by atoms with van der Waals surface area (Å²) in [5, 5.41) is 14.1. The number of fused-ring (bicyclic) bond motifs is 1. The molecule has 1 aromatic heterocycles. The van der Waals surface area contributed by atoms with Crippen molar-refractivity contribution in [1.29, 1.82) is 0 Å². The molecule has 1 heterocycles. The SMILES string of the molecule is CC(CCC(=O)O)Nc1nccc2ccccc12.